The molecule has 8 aromatic carbocycles. The molecule has 3 heteroatoms. The standard InChI is InChI=1S/C49H31N3/c1-2-16-38(17-3-1)51-46-21-11-9-19-42(46)48-47(51)27-26-41-40-18-8-10-20-45(40)52(49(41)48)39-30-43(36-24-22-32-12-4-6-14-34(32)28-36)50-44(31-39)37-25-23-33-13-5-7-15-35(33)29-37/h1-31H. The highest BCUT2D eigenvalue weighted by atomic mass is 15.0. The molecule has 52 heavy (non-hydrogen) atoms. The molecule has 0 saturated heterocycles. The second-order valence-corrected chi connectivity index (χ2v) is 13.6. The zero-order chi connectivity index (χ0) is 34.2. The van der Waals surface area contributed by atoms with Gasteiger partial charge in [-0.25, -0.2) is 4.98 Å². The van der Waals surface area contributed by atoms with E-state index in [2.05, 4.69) is 197 Å². The van der Waals surface area contributed by atoms with Crippen LogP contribution in [0.5, 0.6) is 0 Å². The maximum atomic E-state index is 5.40. The third-order valence-corrected chi connectivity index (χ3v) is 10.6. The van der Waals surface area contributed by atoms with Crippen molar-refractivity contribution in [3.8, 4) is 33.9 Å². The van der Waals surface area contributed by atoms with E-state index >= 15 is 0 Å². The Morgan fingerprint density at radius 1 is 0.327 bits per heavy atom. The number of rotatable bonds is 4. The minimum absolute atomic E-state index is 0.941. The smallest absolute Gasteiger partial charge is 0.0730 e. The zero-order valence-electron chi connectivity index (χ0n) is 28.2. The Labute approximate surface area is 300 Å². The molecule has 0 fully saturated rings. The molecule has 0 amide bonds. The van der Waals surface area contributed by atoms with Crippen LogP contribution in [-0.2, 0) is 0 Å². The molecule has 242 valence electrons. The summed E-state index contributed by atoms with van der Waals surface area (Å²) in [6.45, 7) is 0. The number of aromatic nitrogens is 3. The van der Waals surface area contributed by atoms with Crippen LogP contribution in [0.3, 0.4) is 0 Å². The molecule has 0 aliphatic heterocycles. The van der Waals surface area contributed by atoms with Crippen molar-refractivity contribution in [1.82, 2.24) is 14.1 Å². The van der Waals surface area contributed by atoms with Crippen LogP contribution in [0.2, 0.25) is 0 Å². The van der Waals surface area contributed by atoms with Crippen molar-refractivity contribution >= 4 is 65.2 Å². The molecule has 3 aromatic heterocycles. The molecule has 0 aliphatic carbocycles. The van der Waals surface area contributed by atoms with Gasteiger partial charge in [0.15, 0.2) is 0 Å². The first-order chi connectivity index (χ1) is 25.8. The third-order valence-electron chi connectivity index (χ3n) is 10.6. The number of para-hydroxylation sites is 3. The predicted molar refractivity (Wildman–Crippen MR) is 219 cm³/mol. The van der Waals surface area contributed by atoms with E-state index in [1.807, 2.05) is 0 Å². The zero-order valence-corrected chi connectivity index (χ0v) is 28.2. The summed E-state index contributed by atoms with van der Waals surface area (Å²) in [5, 5.41) is 9.77. The van der Waals surface area contributed by atoms with Crippen LogP contribution >= 0.6 is 0 Å². The van der Waals surface area contributed by atoms with E-state index in [0.29, 0.717) is 0 Å². The molecule has 3 heterocycles. The first-order valence-electron chi connectivity index (χ1n) is 17.8. The van der Waals surface area contributed by atoms with E-state index in [0.717, 1.165) is 33.9 Å². The molecule has 0 radical (unpaired) electrons. The lowest BCUT2D eigenvalue weighted by Crippen LogP contribution is -1.99. The Morgan fingerprint density at radius 2 is 0.865 bits per heavy atom. The van der Waals surface area contributed by atoms with Crippen molar-refractivity contribution in [2.75, 3.05) is 0 Å². The van der Waals surface area contributed by atoms with Crippen molar-refractivity contribution in [3.05, 3.63) is 188 Å². The Kier molecular flexibility index (Phi) is 6.25. The van der Waals surface area contributed by atoms with Crippen LogP contribution in [0, 0.1) is 0 Å². The fourth-order valence-corrected chi connectivity index (χ4v) is 8.27. The van der Waals surface area contributed by atoms with E-state index < -0.39 is 0 Å². The molecule has 11 rings (SSSR count). The van der Waals surface area contributed by atoms with Gasteiger partial charge in [0.05, 0.1) is 39.1 Å². The van der Waals surface area contributed by atoms with Gasteiger partial charge in [-0.2, -0.15) is 0 Å². The summed E-state index contributed by atoms with van der Waals surface area (Å²) in [4.78, 5) is 5.40. The van der Waals surface area contributed by atoms with E-state index in [4.69, 9.17) is 4.98 Å². The van der Waals surface area contributed by atoms with Crippen LogP contribution in [0.25, 0.3) is 99.0 Å². The number of benzene rings is 8. The Balaban J connectivity index is 1.27. The van der Waals surface area contributed by atoms with E-state index in [9.17, 15) is 0 Å². The number of fused-ring (bicyclic) bond motifs is 9. The summed E-state index contributed by atoms with van der Waals surface area (Å²) in [6, 6.07) is 67.9. The quantitative estimate of drug-likeness (QED) is 0.184. The summed E-state index contributed by atoms with van der Waals surface area (Å²) in [7, 11) is 0. The maximum Gasteiger partial charge on any atom is 0.0730 e. The van der Waals surface area contributed by atoms with Crippen LogP contribution < -0.4 is 0 Å². The predicted octanol–water partition coefficient (Wildman–Crippen LogP) is 12.9. The molecule has 0 N–H and O–H groups in total. The van der Waals surface area contributed by atoms with E-state index in [-0.39, 0.29) is 0 Å². The van der Waals surface area contributed by atoms with Crippen molar-refractivity contribution in [2.45, 2.75) is 0 Å². The van der Waals surface area contributed by atoms with Gasteiger partial charge in [-0.05, 0) is 76.1 Å². The van der Waals surface area contributed by atoms with Crippen molar-refractivity contribution in [1.29, 1.82) is 0 Å². The number of nitrogens with zero attached hydrogens (tertiary/aromatic N) is 3. The van der Waals surface area contributed by atoms with Gasteiger partial charge in [0.1, 0.15) is 0 Å². The monoisotopic (exact) mass is 661 g/mol. The number of hydrogen-bond acceptors (Lipinski definition) is 1. The normalized spacial score (nSPS) is 11.8. The lowest BCUT2D eigenvalue weighted by Gasteiger charge is -2.14. The number of hydrogen-bond donors (Lipinski definition) is 0. The average Bonchev–Trinajstić information content (AvgIpc) is 3.74. The van der Waals surface area contributed by atoms with Crippen molar-refractivity contribution < 1.29 is 0 Å². The molecule has 0 bridgehead atoms. The fourth-order valence-electron chi connectivity index (χ4n) is 8.27. The Morgan fingerprint density at radius 3 is 1.52 bits per heavy atom. The van der Waals surface area contributed by atoms with Gasteiger partial charge >= 0.3 is 0 Å². The average molecular weight is 662 g/mol. The van der Waals surface area contributed by atoms with Crippen LogP contribution in [0.4, 0.5) is 0 Å². The molecule has 3 nitrogen and oxygen atoms in total. The maximum absolute atomic E-state index is 5.40. The largest absolute Gasteiger partial charge is 0.309 e. The summed E-state index contributed by atoms with van der Waals surface area (Å²) in [5.74, 6) is 0. The van der Waals surface area contributed by atoms with Crippen molar-refractivity contribution in [2.24, 2.45) is 0 Å². The fraction of sp³-hybridized carbons (Fsp3) is 0. The van der Waals surface area contributed by atoms with Gasteiger partial charge < -0.3 is 9.13 Å². The van der Waals surface area contributed by atoms with Crippen LogP contribution in [0.1, 0.15) is 0 Å². The van der Waals surface area contributed by atoms with Gasteiger partial charge in [0.2, 0.25) is 0 Å². The van der Waals surface area contributed by atoms with Crippen LogP contribution in [0.15, 0.2) is 188 Å². The van der Waals surface area contributed by atoms with Gasteiger partial charge in [0.25, 0.3) is 0 Å². The molecule has 0 atom stereocenters. The molecule has 0 spiro atoms. The highest BCUT2D eigenvalue weighted by Crippen LogP contribution is 2.43. The van der Waals surface area contributed by atoms with Gasteiger partial charge in [-0.3, -0.25) is 0 Å². The first kappa shape index (κ1) is 28.8. The molecule has 0 unspecified atom stereocenters. The highest BCUT2D eigenvalue weighted by molar-refractivity contribution is 6.26. The Bertz CT molecular complexity index is 3090. The summed E-state index contributed by atoms with van der Waals surface area (Å²) in [5.41, 5.74) is 11.0. The summed E-state index contributed by atoms with van der Waals surface area (Å²) < 4.78 is 4.88. The first-order valence-corrected chi connectivity index (χ1v) is 17.8. The summed E-state index contributed by atoms with van der Waals surface area (Å²) >= 11 is 0. The molecular formula is C49H31N3. The van der Waals surface area contributed by atoms with E-state index in [1.54, 1.807) is 0 Å². The second-order valence-electron chi connectivity index (χ2n) is 13.6. The van der Waals surface area contributed by atoms with Crippen molar-refractivity contribution in [3.63, 3.8) is 0 Å². The molecule has 0 aliphatic rings. The molecular weight excluding hydrogens is 631 g/mol. The SMILES string of the molecule is c1ccc(-n2c3ccccc3c3c2ccc2c4ccccc4n(-c4cc(-c5ccc6ccccc6c5)nc(-c5ccc6ccccc6c5)c4)c23)cc1. The minimum atomic E-state index is 0.941. The minimum Gasteiger partial charge on any atom is -0.309 e. The van der Waals surface area contributed by atoms with Gasteiger partial charge in [0, 0.05) is 38.4 Å². The number of pyridine rings is 1. The summed E-state index contributed by atoms with van der Waals surface area (Å²) in [6.07, 6.45) is 0. The topological polar surface area (TPSA) is 22.8 Å². The lowest BCUT2D eigenvalue weighted by atomic mass is 10.0. The molecule has 0 saturated carbocycles. The van der Waals surface area contributed by atoms with E-state index in [1.165, 1.54) is 65.2 Å². The molecule has 11 aromatic rings. The third kappa shape index (κ3) is 4.36. The highest BCUT2D eigenvalue weighted by Gasteiger charge is 2.21. The Hall–Kier alpha value is -6.97. The van der Waals surface area contributed by atoms with Gasteiger partial charge in [-0.1, -0.05) is 133 Å². The van der Waals surface area contributed by atoms with Gasteiger partial charge in [-0.15, -0.1) is 0 Å². The lowest BCUT2D eigenvalue weighted by molar-refractivity contribution is 1.16. The van der Waals surface area contributed by atoms with Crippen LogP contribution in [-0.4, -0.2) is 14.1 Å². The second kappa shape index (κ2) is 11.3.